The van der Waals surface area contributed by atoms with Crippen LogP contribution < -0.4 is 5.32 Å². The molecule has 0 saturated carbocycles. The summed E-state index contributed by atoms with van der Waals surface area (Å²) in [4.78, 5) is 0. The monoisotopic (exact) mass is 307 g/mol. The third kappa shape index (κ3) is 3.42. The zero-order valence-corrected chi connectivity index (χ0v) is 13.9. The summed E-state index contributed by atoms with van der Waals surface area (Å²) in [5, 5.41) is 11.8. The van der Waals surface area contributed by atoms with Gasteiger partial charge in [0.25, 0.3) is 0 Å². The minimum absolute atomic E-state index is 0.0526. The molecule has 1 unspecified atom stereocenters. The number of rotatable bonds is 4. The molecule has 4 heteroatoms. The van der Waals surface area contributed by atoms with E-state index in [4.69, 9.17) is 4.42 Å². The summed E-state index contributed by atoms with van der Waals surface area (Å²) in [6.45, 7) is 8.27. The molecular formula is C19H21N3O. The molecule has 23 heavy (non-hydrogen) atoms. The number of hydrogen-bond donors (Lipinski definition) is 1. The van der Waals surface area contributed by atoms with Gasteiger partial charge in [0.1, 0.15) is 6.04 Å². The molecule has 0 amide bonds. The topological polar surface area (TPSA) is 51.0 Å². The van der Waals surface area contributed by atoms with Gasteiger partial charge in [-0.15, -0.1) is 10.2 Å². The molecule has 3 aromatic rings. The Hall–Kier alpha value is -2.62. The first-order valence-electron chi connectivity index (χ1n) is 7.77. The highest BCUT2D eigenvalue weighted by Gasteiger charge is 2.15. The highest BCUT2D eigenvalue weighted by atomic mass is 16.4. The smallest absolute Gasteiger partial charge is 0.247 e. The fraction of sp³-hybridized carbons (Fsp3) is 0.263. The molecule has 118 valence electrons. The highest BCUT2D eigenvalue weighted by molar-refractivity contribution is 5.54. The van der Waals surface area contributed by atoms with Crippen LogP contribution in [0.5, 0.6) is 0 Å². The van der Waals surface area contributed by atoms with Gasteiger partial charge in [-0.25, -0.2) is 0 Å². The van der Waals surface area contributed by atoms with Gasteiger partial charge in [0.2, 0.25) is 11.8 Å². The Bertz CT molecular complexity index is 823. The van der Waals surface area contributed by atoms with Crippen molar-refractivity contribution in [1.82, 2.24) is 10.2 Å². The summed E-state index contributed by atoms with van der Waals surface area (Å²) >= 11 is 0. The SMILES string of the molecule is Cc1cccc(-c2nnc(C(C)Nc3ccc(C)c(C)c3)o2)c1. The molecule has 0 bridgehead atoms. The number of aromatic nitrogens is 2. The van der Waals surface area contributed by atoms with Crippen molar-refractivity contribution in [2.45, 2.75) is 33.7 Å². The highest BCUT2D eigenvalue weighted by Crippen LogP contribution is 2.24. The van der Waals surface area contributed by atoms with Gasteiger partial charge in [-0.1, -0.05) is 23.8 Å². The molecule has 3 rings (SSSR count). The van der Waals surface area contributed by atoms with Crippen LogP contribution in [0.3, 0.4) is 0 Å². The summed E-state index contributed by atoms with van der Waals surface area (Å²) < 4.78 is 5.83. The number of nitrogens with zero attached hydrogens (tertiary/aromatic N) is 2. The Labute approximate surface area is 136 Å². The fourth-order valence-corrected chi connectivity index (χ4v) is 2.45. The van der Waals surface area contributed by atoms with Crippen LogP contribution in [0.4, 0.5) is 5.69 Å². The second-order valence-electron chi connectivity index (χ2n) is 5.98. The average molecular weight is 307 g/mol. The predicted molar refractivity (Wildman–Crippen MR) is 92.4 cm³/mol. The van der Waals surface area contributed by atoms with Gasteiger partial charge in [0.05, 0.1) is 0 Å². The van der Waals surface area contributed by atoms with Gasteiger partial charge in [-0.3, -0.25) is 0 Å². The quantitative estimate of drug-likeness (QED) is 0.749. The third-order valence-electron chi connectivity index (χ3n) is 3.97. The maximum absolute atomic E-state index is 5.83. The number of aryl methyl sites for hydroxylation is 3. The summed E-state index contributed by atoms with van der Waals surface area (Å²) in [5.41, 5.74) is 5.71. The van der Waals surface area contributed by atoms with Crippen LogP contribution >= 0.6 is 0 Å². The molecule has 1 aromatic heterocycles. The van der Waals surface area contributed by atoms with Crippen LogP contribution in [0.25, 0.3) is 11.5 Å². The van der Waals surface area contributed by atoms with Crippen molar-refractivity contribution >= 4 is 5.69 Å². The van der Waals surface area contributed by atoms with Gasteiger partial charge in [-0.05, 0) is 63.1 Å². The maximum Gasteiger partial charge on any atom is 0.247 e. The molecule has 0 aliphatic carbocycles. The molecule has 4 nitrogen and oxygen atoms in total. The molecule has 1 atom stereocenters. The van der Waals surface area contributed by atoms with E-state index >= 15 is 0 Å². The maximum atomic E-state index is 5.83. The number of benzene rings is 2. The summed E-state index contributed by atoms with van der Waals surface area (Å²) in [6.07, 6.45) is 0. The molecule has 1 heterocycles. The van der Waals surface area contributed by atoms with Gasteiger partial charge in [0, 0.05) is 11.3 Å². The molecule has 0 fully saturated rings. The summed E-state index contributed by atoms with van der Waals surface area (Å²) in [6, 6.07) is 14.3. The van der Waals surface area contributed by atoms with E-state index in [1.807, 2.05) is 38.1 Å². The second kappa shape index (κ2) is 6.24. The van der Waals surface area contributed by atoms with Crippen molar-refractivity contribution in [3.8, 4) is 11.5 Å². The van der Waals surface area contributed by atoms with E-state index < -0.39 is 0 Å². The lowest BCUT2D eigenvalue weighted by molar-refractivity contribution is 0.485. The third-order valence-corrected chi connectivity index (χ3v) is 3.97. The van der Waals surface area contributed by atoms with E-state index in [0.29, 0.717) is 11.8 Å². The number of hydrogen-bond acceptors (Lipinski definition) is 4. The van der Waals surface area contributed by atoms with Crippen LogP contribution in [0, 0.1) is 20.8 Å². The Morgan fingerprint density at radius 3 is 2.52 bits per heavy atom. The van der Waals surface area contributed by atoms with Crippen LogP contribution in [-0.2, 0) is 0 Å². The van der Waals surface area contributed by atoms with E-state index in [1.54, 1.807) is 0 Å². The first kappa shape index (κ1) is 15.3. The van der Waals surface area contributed by atoms with Crippen molar-refractivity contribution in [1.29, 1.82) is 0 Å². The summed E-state index contributed by atoms with van der Waals surface area (Å²) in [5.74, 6) is 1.14. The average Bonchev–Trinajstić information content (AvgIpc) is 3.01. The molecular weight excluding hydrogens is 286 g/mol. The second-order valence-corrected chi connectivity index (χ2v) is 5.98. The van der Waals surface area contributed by atoms with Gasteiger partial charge in [0.15, 0.2) is 0 Å². The molecule has 0 aliphatic rings. The van der Waals surface area contributed by atoms with E-state index in [0.717, 1.165) is 11.3 Å². The minimum Gasteiger partial charge on any atom is -0.418 e. The zero-order valence-electron chi connectivity index (χ0n) is 13.9. The lowest BCUT2D eigenvalue weighted by Gasteiger charge is -2.12. The lowest BCUT2D eigenvalue weighted by atomic mass is 10.1. The van der Waals surface area contributed by atoms with Crippen molar-refractivity contribution in [3.05, 3.63) is 65.0 Å². The first-order chi connectivity index (χ1) is 11.0. The van der Waals surface area contributed by atoms with Crippen molar-refractivity contribution in [3.63, 3.8) is 0 Å². The largest absolute Gasteiger partial charge is 0.418 e. The lowest BCUT2D eigenvalue weighted by Crippen LogP contribution is -2.07. The van der Waals surface area contributed by atoms with Crippen LogP contribution in [0.1, 0.15) is 35.5 Å². The Morgan fingerprint density at radius 1 is 0.957 bits per heavy atom. The predicted octanol–water partition coefficient (Wildman–Crippen LogP) is 4.83. The number of anilines is 1. The fourth-order valence-electron chi connectivity index (χ4n) is 2.45. The summed E-state index contributed by atoms with van der Waals surface area (Å²) in [7, 11) is 0. The molecule has 1 N–H and O–H groups in total. The zero-order chi connectivity index (χ0) is 16.4. The van der Waals surface area contributed by atoms with Crippen LogP contribution in [0.2, 0.25) is 0 Å². The van der Waals surface area contributed by atoms with E-state index in [9.17, 15) is 0 Å². The van der Waals surface area contributed by atoms with E-state index in [-0.39, 0.29) is 6.04 Å². The standard InChI is InChI=1S/C19H21N3O/c1-12-6-5-7-16(10-12)19-22-21-18(23-19)15(4)20-17-9-8-13(2)14(3)11-17/h5-11,15,20H,1-4H3. The van der Waals surface area contributed by atoms with E-state index in [1.165, 1.54) is 16.7 Å². The molecule has 0 saturated heterocycles. The first-order valence-corrected chi connectivity index (χ1v) is 7.77. The van der Waals surface area contributed by atoms with Crippen LogP contribution in [0.15, 0.2) is 46.9 Å². The molecule has 2 aromatic carbocycles. The minimum atomic E-state index is -0.0526. The van der Waals surface area contributed by atoms with Gasteiger partial charge >= 0.3 is 0 Å². The van der Waals surface area contributed by atoms with Crippen molar-refractivity contribution in [2.75, 3.05) is 5.32 Å². The van der Waals surface area contributed by atoms with Crippen LogP contribution in [-0.4, -0.2) is 10.2 Å². The van der Waals surface area contributed by atoms with Crippen molar-refractivity contribution in [2.24, 2.45) is 0 Å². The molecule has 0 spiro atoms. The van der Waals surface area contributed by atoms with Gasteiger partial charge in [-0.2, -0.15) is 0 Å². The van der Waals surface area contributed by atoms with Crippen molar-refractivity contribution < 1.29 is 4.42 Å². The Balaban J connectivity index is 1.78. The van der Waals surface area contributed by atoms with E-state index in [2.05, 4.69) is 47.6 Å². The van der Waals surface area contributed by atoms with Gasteiger partial charge < -0.3 is 9.73 Å². The normalized spacial score (nSPS) is 12.2. The molecule has 0 radical (unpaired) electrons. The molecule has 0 aliphatic heterocycles. The Morgan fingerprint density at radius 2 is 1.78 bits per heavy atom. The Kier molecular flexibility index (Phi) is 4.15. The number of nitrogens with one attached hydrogen (secondary N) is 1.